The van der Waals surface area contributed by atoms with E-state index in [0.29, 0.717) is 28.6 Å². The van der Waals surface area contributed by atoms with Crippen molar-refractivity contribution < 1.29 is 19.1 Å². The topological polar surface area (TPSA) is 92.4 Å². The smallest absolute Gasteiger partial charge is 0.346 e. The van der Waals surface area contributed by atoms with E-state index >= 15 is 0 Å². The summed E-state index contributed by atoms with van der Waals surface area (Å²) in [7, 11) is 0. The molecule has 0 aliphatic rings. The van der Waals surface area contributed by atoms with Crippen molar-refractivity contribution in [3.05, 3.63) is 34.5 Å². The summed E-state index contributed by atoms with van der Waals surface area (Å²) < 4.78 is 14.5. The molecule has 7 heteroatoms. The summed E-state index contributed by atoms with van der Waals surface area (Å²) in [6.45, 7) is 0.745. The summed E-state index contributed by atoms with van der Waals surface area (Å²) in [5, 5.41) is 12.6. The van der Waals surface area contributed by atoms with Crippen LogP contribution in [-0.2, 0) is 11.3 Å². The highest BCUT2D eigenvalue weighted by molar-refractivity contribution is 7.21. The van der Waals surface area contributed by atoms with Gasteiger partial charge >= 0.3 is 5.97 Å². The number of primary amides is 1. The van der Waals surface area contributed by atoms with Crippen LogP contribution in [-0.4, -0.2) is 23.5 Å². The van der Waals surface area contributed by atoms with Crippen LogP contribution in [0, 0.1) is 5.82 Å². The number of hydrogen-bond donors (Lipinski definition) is 3. The molecule has 0 spiro atoms. The molecular formula is C14H15FN2O3S. The fourth-order valence-electron chi connectivity index (χ4n) is 2.11. The Morgan fingerprint density at radius 1 is 1.38 bits per heavy atom. The van der Waals surface area contributed by atoms with E-state index in [1.807, 2.05) is 0 Å². The summed E-state index contributed by atoms with van der Waals surface area (Å²) >= 11 is 1.06. The molecule has 2 rings (SSSR count). The molecule has 1 amide bonds. The zero-order chi connectivity index (χ0) is 15.4. The van der Waals surface area contributed by atoms with Crippen LogP contribution < -0.4 is 11.1 Å². The maximum atomic E-state index is 13.9. The highest BCUT2D eigenvalue weighted by Gasteiger charge is 2.19. The van der Waals surface area contributed by atoms with Crippen LogP contribution in [0.25, 0.3) is 10.1 Å². The third kappa shape index (κ3) is 3.56. The van der Waals surface area contributed by atoms with Gasteiger partial charge in [0.05, 0.1) is 0 Å². The van der Waals surface area contributed by atoms with Crippen molar-refractivity contribution in [1.29, 1.82) is 0 Å². The lowest BCUT2D eigenvalue weighted by atomic mass is 10.1. The van der Waals surface area contributed by atoms with E-state index in [0.717, 1.165) is 11.3 Å². The Hall–Kier alpha value is -1.99. The van der Waals surface area contributed by atoms with Gasteiger partial charge in [0, 0.05) is 28.6 Å². The molecule has 1 heterocycles. The Bertz CT molecular complexity index is 684. The largest absolute Gasteiger partial charge is 0.477 e. The van der Waals surface area contributed by atoms with Crippen LogP contribution >= 0.6 is 11.3 Å². The van der Waals surface area contributed by atoms with E-state index in [2.05, 4.69) is 5.32 Å². The zero-order valence-electron chi connectivity index (χ0n) is 11.2. The van der Waals surface area contributed by atoms with Crippen LogP contribution in [0.1, 0.15) is 28.1 Å². The molecule has 0 aliphatic heterocycles. The second-order valence-corrected chi connectivity index (χ2v) is 5.63. The Balaban J connectivity index is 2.18. The van der Waals surface area contributed by atoms with Gasteiger partial charge in [-0.25, -0.2) is 9.18 Å². The summed E-state index contributed by atoms with van der Waals surface area (Å²) in [6.07, 6.45) is 0.819. The van der Waals surface area contributed by atoms with E-state index in [4.69, 9.17) is 5.73 Å². The van der Waals surface area contributed by atoms with E-state index in [1.54, 1.807) is 12.1 Å². The lowest BCUT2D eigenvalue weighted by molar-refractivity contribution is -0.118. The molecule has 4 N–H and O–H groups in total. The van der Waals surface area contributed by atoms with Gasteiger partial charge in [0.2, 0.25) is 5.91 Å². The van der Waals surface area contributed by atoms with Gasteiger partial charge in [-0.1, -0.05) is 6.07 Å². The van der Waals surface area contributed by atoms with Gasteiger partial charge in [0.15, 0.2) is 0 Å². The highest BCUT2D eigenvalue weighted by atomic mass is 32.1. The molecule has 0 atom stereocenters. The van der Waals surface area contributed by atoms with Crippen molar-refractivity contribution >= 4 is 33.3 Å². The molecule has 5 nitrogen and oxygen atoms in total. The number of nitrogens with two attached hydrogens (primary N) is 1. The van der Waals surface area contributed by atoms with E-state index in [1.165, 1.54) is 6.07 Å². The Labute approximate surface area is 124 Å². The van der Waals surface area contributed by atoms with Gasteiger partial charge in [-0.15, -0.1) is 11.3 Å². The number of carboxylic acid groups (broad SMARTS) is 1. The number of carboxylic acids is 1. The number of nitrogens with one attached hydrogen (secondary N) is 1. The maximum absolute atomic E-state index is 13.9. The quantitative estimate of drug-likeness (QED) is 0.683. The maximum Gasteiger partial charge on any atom is 0.346 e. The van der Waals surface area contributed by atoms with Gasteiger partial charge in [0.1, 0.15) is 10.7 Å². The highest BCUT2D eigenvalue weighted by Crippen LogP contribution is 2.33. The van der Waals surface area contributed by atoms with Crippen molar-refractivity contribution in [1.82, 2.24) is 5.32 Å². The fourth-order valence-corrected chi connectivity index (χ4v) is 3.18. The number of carbonyl (C=O) groups is 2. The number of halogens is 1. The first-order chi connectivity index (χ1) is 10.0. The predicted octanol–water partition coefficient (Wildman–Crippen LogP) is 2.09. The minimum Gasteiger partial charge on any atom is -0.477 e. The van der Waals surface area contributed by atoms with Gasteiger partial charge in [-0.3, -0.25) is 4.79 Å². The van der Waals surface area contributed by atoms with Crippen LogP contribution in [0.2, 0.25) is 0 Å². The van der Waals surface area contributed by atoms with Crippen molar-refractivity contribution in [2.75, 3.05) is 6.54 Å². The van der Waals surface area contributed by atoms with Gasteiger partial charge in [-0.05, 0) is 25.1 Å². The van der Waals surface area contributed by atoms with Crippen molar-refractivity contribution in [2.45, 2.75) is 19.4 Å². The number of thiophene rings is 1. The Morgan fingerprint density at radius 2 is 2.14 bits per heavy atom. The number of hydrogen-bond acceptors (Lipinski definition) is 4. The molecule has 112 valence electrons. The lowest BCUT2D eigenvalue weighted by Crippen LogP contribution is -2.19. The number of benzene rings is 1. The Kier molecular flexibility index (Phi) is 4.87. The van der Waals surface area contributed by atoms with Gasteiger partial charge in [0.25, 0.3) is 0 Å². The molecule has 1 aromatic carbocycles. The zero-order valence-corrected chi connectivity index (χ0v) is 12.0. The minimum atomic E-state index is -1.07. The van der Waals surface area contributed by atoms with Crippen molar-refractivity contribution in [2.24, 2.45) is 5.73 Å². The summed E-state index contributed by atoms with van der Waals surface area (Å²) in [5.74, 6) is -1.87. The van der Waals surface area contributed by atoms with E-state index in [9.17, 15) is 19.1 Å². The molecule has 0 saturated carbocycles. The van der Waals surface area contributed by atoms with Crippen LogP contribution in [0.4, 0.5) is 4.39 Å². The molecule has 0 bridgehead atoms. The predicted molar refractivity (Wildman–Crippen MR) is 78.9 cm³/mol. The van der Waals surface area contributed by atoms with E-state index in [-0.39, 0.29) is 23.7 Å². The first-order valence-corrected chi connectivity index (χ1v) is 7.24. The van der Waals surface area contributed by atoms with Crippen LogP contribution in [0.15, 0.2) is 18.2 Å². The second kappa shape index (κ2) is 6.64. The monoisotopic (exact) mass is 310 g/mol. The van der Waals surface area contributed by atoms with Crippen LogP contribution in [0.3, 0.4) is 0 Å². The SMILES string of the molecule is NC(=O)CCCNCc1c(C(=O)O)sc2cccc(F)c12. The molecule has 21 heavy (non-hydrogen) atoms. The second-order valence-electron chi connectivity index (χ2n) is 4.57. The third-order valence-electron chi connectivity index (χ3n) is 3.04. The number of aromatic carboxylic acids is 1. The van der Waals surface area contributed by atoms with Crippen LogP contribution in [0.5, 0.6) is 0 Å². The number of fused-ring (bicyclic) bond motifs is 1. The molecule has 0 saturated heterocycles. The normalized spacial score (nSPS) is 10.9. The molecular weight excluding hydrogens is 295 g/mol. The first kappa shape index (κ1) is 15.4. The van der Waals surface area contributed by atoms with Gasteiger partial charge < -0.3 is 16.2 Å². The summed E-state index contributed by atoms with van der Waals surface area (Å²) in [6, 6.07) is 4.58. The fraction of sp³-hybridized carbons (Fsp3) is 0.286. The summed E-state index contributed by atoms with van der Waals surface area (Å²) in [5.41, 5.74) is 5.48. The number of amides is 1. The minimum absolute atomic E-state index is 0.137. The molecule has 1 aromatic heterocycles. The molecule has 0 radical (unpaired) electrons. The molecule has 2 aromatic rings. The van der Waals surface area contributed by atoms with Gasteiger partial charge in [-0.2, -0.15) is 0 Å². The third-order valence-corrected chi connectivity index (χ3v) is 4.22. The van der Waals surface area contributed by atoms with E-state index < -0.39 is 11.8 Å². The molecule has 0 fully saturated rings. The average molecular weight is 310 g/mol. The average Bonchev–Trinajstić information content (AvgIpc) is 2.78. The summed E-state index contributed by atoms with van der Waals surface area (Å²) in [4.78, 5) is 22.0. The molecule has 0 unspecified atom stereocenters. The number of rotatable bonds is 7. The standard InChI is InChI=1S/C14H15FN2O3S/c15-9-3-1-4-10-12(9)8(13(21-10)14(19)20)7-17-6-2-5-11(16)18/h1,3-4,17H,2,5-7H2,(H2,16,18)(H,19,20). The first-order valence-electron chi connectivity index (χ1n) is 6.43. The molecule has 0 aliphatic carbocycles. The lowest BCUT2D eigenvalue weighted by Gasteiger charge is -2.05. The Morgan fingerprint density at radius 3 is 2.81 bits per heavy atom. The number of carbonyl (C=O) groups excluding carboxylic acids is 1. The van der Waals surface area contributed by atoms with Crippen molar-refractivity contribution in [3.63, 3.8) is 0 Å². The van der Waals surface area contributed by atoms with Crippen molar-refractivity contribution in [3.8, 4) is 0 Å².